The molecule has 0 saturated carbocycles. The molecule has 4 aliphatic carbocycles. The minimum atomic E-state index is -0.0188. The van der Waals surface area contributed by atoms with Crippen molar-refractivity contribution in [3.05, 3.63) is 123 Å². The van der Waals surface area contributed by atoms with Gasteiger partial charge < -0.3 is 9.80 Å². The summed E-state index contributed by atoms with van der Waals surface area (Å²) in [5.74, 6) is 0. The van der Waals surface area contributed by atoms with Crippen molar-refractivity contribution in [3.8, 4) is 0 Å². The predicted molar refractivity (Wildman–Crippen MR) is 263 cm³/mol. The van der Waals surface area contributed by atoms with Crippen LogP contribution < -0.4 is 26.2 Å². The van der Waals surface area contributed by atoms with Crippen molar-refractivity contribution in [1.82, 2.24) is 0 Å². The van der Waals surface area contributed by atoms with Crippen LogP contribution in [-0.2, 0) is 56.8 Å². The van der Waals surface area contributed by atoms with Gasteiger partial charge in [-0.15, -0.1) is 0 Å². The largest absolute Gasteiger partial charge is 0.311 e. The van der Waals surface area contributed by atoms with E-state index in [9.17, 15) is 0 Å². The highest BCUT2D eigenvalue weighted by atomic mass is 15.2. The molecule has 61 heavy (non-hydrogen) atoms. The zero-order valence-electron chi connectivity index (χ0n) is 37.9. The minimum Gasteiger partial charge on any atom is -0.311 e. The van der Waals surface area contributed by atoms with Gasteiger partial charge in [0.25, 0.3) is 6.71 Å². The van der Waals surface area contributed by atoms with Crippen LogP contribution in [0.1, 0.15) is 174 Å². The van der Waals surface area contributed by atoms with Gasteiger partial charge in [-0.1, -0.05) is 96.4 Å². The van der Waals surface area contributed by atoms with Gasteiger partial charge in [-0.25, -0.2) is 0 Å². The first-order chi connectivity index (χ1) is 29.9. The van der Waals surface area contributed by atoms with Crippen LogP contribution in [0.25, 0.3) is 0 Å². The van der Waals surface area contributed by atoms with E-state index in [1.165, 1.54) is 210 Å². The Morgan fingerprint density at radius 2 is 0.672 bits per heavy atom. The van der Waals surface area contributed by atoms with Crippen LogP contribution in [0, 0.1) is 0 Å². The average Bonchev–Trinajstić information content (AvgIpc) is 3.21. The van der Waals surface area contributed by atoms with E-state index in [1.54, 1.807) is 44.5 Å². The molecule has 0 spiro atoms. The van der Waals surface area contributed by atoms with Crippen molar-refractivity contribution in [2.45, 2.75) is 180 Å². The summed E-state index contributed by atoms with van der Waals surface area (Å²) in [5, 5.41) is 0. The Bertz CT molecular complexity index is 2310. The molecule has 0 N–H and O–H groups in total. The summed E-state index contributed by atoms with van der Waals surface area (Å²) in [6.45, 7) is 7.49. The number of fused-ring (bicyclic) bond motifs is 8. The number of hydrogen-bond donors (Lipinski definition) is 0. The molecule has 0 fully saturated rings. The average molecular weight is 805 g/mol. The second kappa shape index (κ2) is 16.5. The van der Waals surface area contributed by atoms with Gasteiger partial charge in [-0.05, 0) is 223 Å². The summed E-state index contributed by atoms with van der Waals surface area (Å²) < 4.78 is 0. The maximum absolute atomic E-state index is 2.77. The Labute approximate surface area is 368 Å². The van der Waals surface area contributed by atoms with Crippen LogP contribution in [0.15, 0.2) is 72.8 Å². The van der Waals surface area contributed by atoms with E-state index in [0.717, 1.165) is 0 Å². The summed E-state index contributed by atoms with van der Waals surface area (Å²) in [7, 11) is 0. The van der Waals surface area contributed by atoms with E-state index >= 15 is 0 Å². The molecule has 6 aliphatic rings. The Morgan fingerprint density at radius 3 is 1.03 bits per heavy atom. The monoisotopic (exact) mass is 805 g/mol. The van der Waals surface area contributed by atoms with Crippen molar-refractivity contribution in [3.63, 3.8) is 0 Å². The summed E-state index contributed by atoms with van der Waals surface area (Å²) in [4.78, 5) is 5.55. The lowest BCUT2D eigenvalue weighted by Gasteiger charge is -2.46. The molecule has 5 aromatic rings. The third-order valence-corrected chi connectivity index (χ3v) is 16.0. The van der Waals surface area contributed by atoms with Gasteiger partial charge in [0, 0.05) is 34.1 Å². The quantitative estimate of drug-likeness (QED) is 0.161. The fourth-order valence-electron chi connectivity index (χ4n) is 12.6. The van der Waals surface area contributed by atoms with Gasteiger partial charge in [0.15, 0.2) is 0 Å². The van der Waals surface area contributed by atoms with Gasteiger partial charge >= 0.3 is 0 Å². The van der Waals surface area contributed by atoms with E-state index < -0.39 is 0 Å². The third-order valence-electron chi connectivity index (χ3n) is 16.0. The van der Waals surface area contributed by atoms with Gasteiger partial charge in [0.1, 0.15) is 0 Å². The molecule has 11 rings (SSSR count). The fraction of sp³-hybridized carbons (Fsp3) is 0.483. The summed E-state index contributed by atoms with van der Waals surface area (Å²) in [6.07, 6.45) is 30.9. The van der Waals surface area contributed by atoms with Crippen molar-refractivity contribution in [1.29, 1.82) is 0 Å². The Morgan fingerprint density at radius 1 is 0.344 bits per heavy atom. The molecule has 0 atom stereocenters. The molecule has 314 valence electrons. The molecular weight excluding hydrogens is 735 g/mol. The number of nitrogens with zero attached hydrogens (tertiary/aromatic N) is 2. The summed E-state index contributed by atoms with van der Waals surface area (Å²) >= 11 is 0. The molecule has 0 saturated heterocycles. The lowest BCUT2D eigenvalue weighted by Crippen LogP contribution is -2.61. The van der Waals surface area contributed by atoms with Crippen LogP contribution in [0.5, 0.6) is 0 Å². The second-order valence-corrected chi connectivity index (χ2v) is 21.2. The molecule has 0 aromatic heterocycles. The van der Waals surface area contributed by atoms with Gasteiger partial charge in [-0.3, -0.25) is 0 Å². The van der Waals surface area contributed by atoms with Crippen molar-refractivity contribution < 1.29 is 0 Å². The molecular formula is C58H69BN2. The standard InChI is InChI=1S/C58H69BN2/c1-58(2,3)48-38-55-57-56(39-48)61(50-31-29-41-21-13-5-7-15-23-43(41)33-50)54-37-47-27-19-11-9-17-25-45(47)35-52(54)59(57)51-34-44-24-16-8-10-18-26-46(44)36-53(51)60(55)49-30-28-40-20-12-4-6-14-22-42(40)32-49/h28-39H,4-27H2,1-3H3. The smallest absolute Gasteiger partial charge is 0.252 e. The SMILES string of the molecule is CC(C)(C)c1cc2c3c(c1)N(c1ccc4c(c1)CCCCCC4)c1cc4c(cc1B3c1cc3c(cc1N2c1ccc2c(c1)CCCCCC2)CCCCCC3)CCCCCC4. The number of benzene rings is 5. The zero-order chi connectivity index (χ0) is 41.1. The number of hydrogen-bond acceptors (Lipinski definition) is 2. The highest BCUT2D eigenvalue weighted by Crippen LogP contribution is 2.48. The normalized spacial score (nSPS) is 19.0. The Hall–Kier alpha value is -4.24. The van der Waals surface area contributed by atoms with Crippen LogP contribution >= 0.6 is 0 Å². The molecule has 0 bridgehead atoms. The van der Waals surface area contributed by atoms with Crippen molar-refractivity contribution in [2.75, 3.05) is 9.80 Å². The van der Waals surface area contributed by atoms with E-state index in [1.807, 2.05) is 0 Å². The van der Waals surface area contributed by atoms with E-state index in [4.69, 9.17) is 0 Å². The Kier molecular flexibility index (Phi) is 10.7. The molecule has 5 aromatic carbocycles. The highest BCUT2D eigenvalue weighted by Gasteiger charge is 2.45. The second-order valence-electron chi connectivity index (χ2n) is 21.2. The van der Waals surface area contributed by atoms with E-state index in [0.29, 0.717) is 0 Å². The predicted octanol–water partition coefficient (Wildman–Crippen LogP) is 13.7. The maximum Gasteiger partial charge on any atom is 0.252 e. The van der Waals surface area contributed by atoms with E-state index in [2.05, 4.69) is 103 Å². The molecule has 0 radical (unpaired) electrons. The third kappa shape index (κ3) is 7.38. The molecule has 0 amide bonds. The van der Waals surface area contributed by atoms with Gasteiger partial charge in [0.05, 0.1) is 0 Å². The number of rotatable bonds is 2. The van der Waals surface area contributed by atoms with Crippen LogP contribution in [-0.4, -0.2) is 6.71 Å². The molecule has 2 aliphatic heterocycles. The summed E-state index contributed by atoms with van der Waals surface area (Å²) in [6, 6.07) is 31.5. The van der Waals surface area contributed by atoms with E-state index in [-0.39, 0.29) is 12.1 Å². The first kappa shape index (κ1) is 39.6. The molecule has 0 unspecified atom stereocenters. The van der Waals surface area contributed by atoms with Crippen LogP contribution in [0.4, 0.5) is 34.1 Å². The zero-order valence-corrected chi connectivity index (χ0v) is 37.9. The van der Waals surface area contributed by atoms with Crippen molar-refractivity contribution in [2.24, 2.45) is 0 Å². The molecule has 2 nitrogen and oxygen atoms in total. The Balaban J connectivity index is 1.21. The summed E-state index contributed by atoms with van der Waals surface area (Å²) in [5.41, 5.74) is 27.2. The topological polar surface area (TPSA) is 6.48 Å². The maximum atomic E-state index is 2.77. The van der Waals surface area contributed by atoms with Gasteiger partial charge in [-0.2, -0.15) is 0 Å². The first-order valence-electron chi connectivity index (χ1n) is 25.2. The number of aryl methyl sites for hydroxylation is 8. The highest BCUT2D eigenvalue weighted by molar-refractivity contribution is 7.00. The van der Waals surface area contributed by atoms with Crippen molar-refractivity contribution >= 4 is 57.2 Å². The van der Waals surface area contributed by atoms with Crippen LogP contribution in [0.2, 0.25) is 0 Å². The van der Waals surface area contributed by atoms with Gasteiger partial charge in [0.2, 0.25) is 0 Å². The first-order valence-corrected chi connectivity index (χ1v) is 25.2. The molecule has 2 heterocycles. The lowest BCUT2D eigenvalue weighted by atomic mass is 9.33. The van der Waals surface area contributed by atoms with Crippen LogP contribution in [0.3, 0.4) is 0 Å². The lowest BCUT2D eigenvalue weighted by molar-refractivity contribution is 0.590. The molecule has 3 heteroatoms. The number of anilines is 6. The minimum absolute atomic E-state index is 0.0188. The fourth-order valence-corrected chi connectivity index (χ4v) is 12.6.